The number of methoxy groups -OCH3 is 2. The molecular weight excluding hydrogens is 264 g/mol. The second-order valence-corrected chi connectivity index (χ2v) is 6.04. The SMILES string of the molecule is COCCCS(=O)C(C)C(=O)c1ccc(OC)cc1. The molecule has 0 saturated heterocycles. The van der Waals surface area contributed by atoms with Gasteiger partial charge in [-0.25, -0.2) is 0 Å². The van der Waals surface area contributed by atoms with Crippen LogP contribution in [-0.4, -0.2) is 41.8 Å². The summed E-state index contributed by atoms with van der Waals surface area (Å²) in [4.78, 5) is 12.2. The number of benzene rings is 1. The summed E-state index contributed by atoms with van der Waals surface area (Å²) in [6, 6.07) is 6.86. The van der Waals surface area contributed by atoms with Crippen LogP contribution >= 0.6 is 0 Å². The van der Waals surface area contributed by atoms with Gasteiger partial charge in [0.1, 0.15) is 5.75 Å². The van der Waals surface area contributed by atoms with Crippen LogP contribution in [0.25, 0.3) is 0 Å². The normalized spacial score (nSPS) is 13.8. The van der Waals surface area contributed by atoms with Crippen molar-refractivity contribution in [2.45, 2.75) is 18.6 Å². The zero-order chi connectivity index (χ0) is 14.3. The van der Waals surface area contributed by atoms with Gasteiger partial charge >= 0.3 is 0 Å². The van der Waals surface area contributed by atoms with Crippen molar-refractivity contribution in [3.8, 4) is 5.75 Å². The molecule has 4 nitrogen and oxygen atoms in total. The summed E-state index contributed by atoms with van der Waals surface area (Å²) in [6.45, 7) is 2.27. The summed E-state index contributed by atoms with van der Waals surface area (Å²) in [5, 5.41) is -0.495. The summed E-state index contributed by atoms with van der Waals surface area (Å²) < 4.78 is 21.9. The van der Waals surface area contributed by atoms with E-state index in [0.29, 0.717) is 30.1 Å². The zero-order valence-corrected chi connectivity index (χ0v) is 12.4. The predicted molar refractivity (Wildman–Crippen MR) is 76.3 cm³/mol. The molecule has 0 aliphatic heterocycles. The van der Waals surface area contributed by atoms with Crippen LogP contribution in [0.4, 0.5) is 0 Å². The van der Waals surface area contributed by atoms with Gasteiger partial charge in [0.25, 0.3) is 0 Å². The average Bonchev–Trinajstić information content (AvgIpc) is 2.46. The average molecular weight is 284 g/mol. The minimum atomic E-state index is -1.16. The highest BCUT2D eigenvalue weighted by atomic mass is 32.2. The molecule has 0 aliphatic carbocycles. The van der Waals surface area contributed by atoms with Crippen LogP contribution in [0.3, 0.4) is 0 Å². The first-order chi connectivity index (χ1) is 9.10. The Balaban J connectivity index is 2.62. The van der Waals surface area contributed by atoms with E-state index < -0.39 is 16.0 Å². The monoisotopic (exact) mass is 284 g/mol. The largest absolute Gasteiger partial charge is 0.497 e. The summed E-state index contributed by atoms with van der Waals surface area (Å²) in [7, 11) is 2.01. The third kappa shape index (κ3) is 4.76. The maximum atomic E-state index is 12.2. The molecule has 0 aliphatic rings. The Labute approximate surface area is 116 Å². The molecule has 1 aromatic rings. The van der Waals surface area contributed by atoms with Gasteiger partial charge in [0.05, 0.1) is 12.4 Å². The van der Waals surface area contributed by atoms with Crippen LogP contribution < -0.4 is 4.74 Å². The fourth-order valence-corrected chi connectivity index (χ4v) is 2.76. The maximum Gasteiger partial charge on any atom is 0.178 e. The highest BCUT2D eigenvalue weighted by Gasteiger charge is 2.21. The highest BCUT2D eigenvalue weighted by Crippen LogP contribution is 2.14. The van der Waals surface area contributed by atoms with Gasteiger partial charge in [-0.3, -0.25) is 9.00 Å². The molecule has 0 saturated carbocycles. The van der Waals surface area contributed by atoms with E-state index in [0.717, 1.165) is 0 Å². The molecule has 2 atom stereocenters. The van der Waals surface area contributed by atoms with Crippen molar-refractivity contribution >= 4 is 16.6 Å². The lowest BCUT2D eigenvalue weighted by Crippen LogP contribution is -2.24. The van der Waals surface area contributed by atoms with Gasteiger partial charge in [0.15, 0.2) is 5.78 Å². The lowest BCUT2D eigenvalue weighted by molar-refractivity contribution is 0.0992. The highest BCUT2D eigenvalue weighted by molar-refractivity contribution is 7.86. The number of ketones is 1. The standard InChI is InChI=1S/C14H20O4S/c1-11(19(16)10-4-9-17-2)14(15)12-5-7-13(18-3)8-6-12/h5-8,11H,4,9-10H2,1-3H3. The van der Waals surface area contributed by atoms with Gasteiger partial charge in [-0.2, -0.15) is 0 Å². The smallest absolute Gasteiger partial charge is 0.178 e. The molecule has 5 heteroatoms. The Kier molecular flexibility index (Phi) is 6.73. The Morgan fingerprint density at radius 1 is 1.26 bits per heavy atom. The van der Waals surface area contributed by atoms with Crippen molar-refractivity contribution in [1.82, 2.24) is 0 Å². The van der Waals surface area contributed by atoms with Crippen molar-refractivity contribution in [2.24, 2.45) is 0 Å². The molecule has 0 N–H and O–H groups in total. The fourth-order valence-electron chi connectivity index (χ4n) is 1.63. The Morgan fingerprint density at radius 2 is 1.89 bits per heavy atom. The molecule has 0 fully saturated rings. The summed E-state index contributed by atoms with van der Waals surface area (Å²) in [5.74, 6) is 1.08. The molecule has 2 unspecified atom stereocenters. The van der Waals surface area contributed by atoms with Crippen LogP contribution in [0.15, 0.2) is 24.3 Å². The Bertz CT molecular complexity index is 428. The molecule has 1 rings (SSSR count). The van der Waals surface area contributed by atoms with Crippen molar-refractivity contribution < 1.29 is 18.5 Å². The molecular formula is C14H20O4S. The van der Waals surface area contributed by atoms with E-state index in [9.17, 15) is 9.00 Å². The molecule has 0 radical (unpaired) electrons. The number of hydrogen-bond acceptors (Lipinski definition) is 4. The molecule has 19 heavy (non-hydrogen) atoms. The van der Waals surface area contributed by atoms with Gasteiger partial charge in [-0.15, -0.1) is 0 Å². The topological polar surface area (TPSA) is 52.6 Å². The molecule has 0 heterocycles. The van der Waals surface area contributed by atoms with Crippen molar-refractivity contribution in [3.63, 3.8) is 0 Å². The number of carbonyl (C=O) groups is 1. The third-order valence-corrected chi connectivity index (χ3v) is 4.53. The number of ether oxygens (including phenoxy) is 2. The Hall–Kier alpha value is -1.20. The number of Topliss-reactive ketones (excluding diaryl/α,β-unsaturated/α-hetero) is 1. The Morgan fingerprint density at radius 3 is 2.42 bits per heavy atom. The summed E-state index contributed by atoms with van der Waals surface area (Å²) in [6.07, 6.45) is 0.698. The lowest BCUT2D eigenvalue weighted by atomic mass is 10.1. The van der Waals surface area contributed by atoms with E-state index in [4.69, 9.17) is 9.47 Å². The first-order valence-electron chi connectivity index (χ1n) is 6.14. The number of carbonyl (C=O) groups excluding carboxylic acids is 1. The van der Waals surface area contributed by atoms with Crippen LogP contribution in [-0.2, 0) is 15.5 Å². The van der Waals surface area contributed by atoms with E-state index >= 15 is 0 Å². The van der Waals surface area contributed by atoms with Crippen molar-refractivity contribution in [2.75, 3.05) is 26.6 Å². The van der Waals surface area contributed by atoms with Gasteiger partial charge in [0.2, 0.25) is 0 Å². The van der Waals surface area contributed by atoms with Gasteiger partial charge in [-0.1, -0.05) is 0 Å². The second-order valence-electron chi connectivity index (χ2n) is 4.17. The summed E-state index contributed by atoms with van der Waals surface area (Å²) >= 11 is 0. The first-order valence-corrected chi connectivity index (χ1v) is 7.52. The second kappa shape index (κ2) is 8.07. The van der Waals surface area contributed by atoms with Crippen LogP contribution in [0.5, 0.6) is 5.75 Å². The van der Waals surface area contributed by atoms with E-state index in [-0.39, 0.29) is 5.78 Å². The van der Waals surface area contributed by atoms with Crippen LogP contribution in [0, 0.1) is 0 Å². The van der Waals surface area contributed by atoms with Crippen molar-refractivity contribution in [3.05, 3.63) is 29.8 Å². The molecule has 0 amide bonds. The van der Waals surface area contributed by atoms with Crippen molar-refractivity contribution in [1.29, 1.82) is 0 Å². The number of hydrogen-bond donors (Lipinski definition) is 0. The quantitative estimate of drug-likeness (QED) is 0.541. The lowest BCUT2D eigenvalue weighted by Gasteiger charge is -2.11. The van der Waals surface area contributed by atoms with E-state index in [1.165, 1.54) is 0 Å². The number of rotatable bonds is 8. The van der Waals surface area contributed by atoms with Gasteiger partial charge in [0, 0.05) is 35.8 Å². The van der Waals surface area contributed by atoms with Gasteiger partial charge < -0.3 is 9.47 Å². The van der Waals surface area contributed by atoms with E-state index in [1.54, 1.807) is 45.4 Å². The molecule has 1 aromatic carbocycles. The minimum Gasteiger partial charge on any atom is -0.497 e. The predicted octanol–water partition coefficient (Wildman–Crippen LogP) is 2.05. The van der Waals surface area contributed by atoms with Crippen LogP contribution in [0.1, 0.15) is 23.7 Å². The fraction of sp³-hybridized carbons (Fsp3) is 0.500. The van der Waals surface area contributed by atoms with Gasteiger partial charge in [-0.05, 0) is 37.6 Å². The van der Waals surface area contributed by atoms with E-state index in [2.05, 4.69) is 0 Å². The molecule has 0 spiro atoms. The molecule has 0 bridgehead atoms. The van der Waals surface area contributed by atoms with E-state index in [1.807, 2.05) is 0 Å². The maximum absolute atomic E-state index is 12.2. The van der Waals surface area contributed by atoms with Crippen LogP contribution in [0.2, 0.25) is 0 Å². The third-order valence-electron chi connectivity index (χ3n) is 2.83. The molecule has 106 valence electrons. The zero-order valence-electron chi connectivity index (χ0n) is 11.5. The molecule has 0 aromatic heterocycles. The minimum absolute atomic E-state index is 0.0987. The summed E-state index contributed by atoms with van der Waals surface area (Å²) in [5.41, 5.74) is 0.563. The first kappa shape index (κ1) is 15.9.